The van der Waals surface area contributed by atoms with Crippen LogP contribution in [0.5, 0.6) is 0 Å². The van der Waals surface area contributed by atoms with Crippen molar-refractivity contribution in [3.8, 4) is 0 Å². The second-order valence-electron chi connectivity index (χ2n) is 3.82. The lowest BCUT2D eigenvalue weighted by atomic mass is 10.1. The molecule has 0 bridgehead atoms. The van der Waals surface area contributed by atoms with Crippen LogP contribution in [0.4, 0.5) is 11.4 Å². The lowest BCUT2D eigenvalue weighted by molar-refractivity contribution is 0.0698. The Kier molecular flexibility index (Phi) is 5.45. The van der Waals surface area contributed by atoms with Crippen LogP contribution in [0.1, 0.15) is 24.2 Å². The van der Waals surface area contributed by atoms with E-state index in [1.165, 1.54) is 6.07 Å². The number of rotatable bonds is 7. The fourth-order valence-electron chi connectivity index (χ4n) is 1.78. The molecule has 5 nitrogen and oxygen atoms in total. The minimum absolute atomic E-state index is 0.141. The third kappa shape index (κ3) is 3.37. The summed E-state index contributed by atoms with van der Waals surface area (Å²) in [6.45, 7) is 6.65. The Balaban J connectivity index is 2.92. The molecule has 0 unspecified atom stereocenters. The molecule has 0 radical (unpaired) electrons. The van der Waals surface area contributed by atoms with E-state index in [0.29, 0.717) is 25.4 Å². The molecule has 3 N–H and O–H groups in total. The van der Waals surface area contributed by atoms with E-state index >= 15 is 0 Å². The van der Waals surface area contributed by atoms with Crippen molar-refractivity contribution in [1.29, 1.82) is 0 Å². The number of nitrogens with zero attached hydrogens (tertiary/aromatic N) is 1. The maximum atomic E-state index is 11.0. The maximum Gasteiger partial charge on any atom is 0.337 e. The van der Waals surface area contributed by atoms with Gasteiger partial charge in [0.2, 0.25) is 0 Å². The Morgan fingerprint density at radius 1 is 1.44 bits per heavy atom. The fraction of sp³-hybridized carbons (Fsp3) is 0.462. The molecule has 0 aliphatic rings. The molecule has 18 heavy (non-hydrogen) atoms. The van der Waals surface area contributed by atoms with Crippen LogP contribution in [-0.2, 0) is 4.74 Å². The van der Waals surface area contributed by atoms with E-state index in [4.69, 9.17) is 15.6 Å². The predicted molar refractivity (Wildman–Crippen MR) is 72.2 cm³/mol. The number of para-hydroxylation sites is 1. The average molecular weight is 252 g/mol. The first-order valence-electron chi connectivity index (χ1n) is 6.06. The largest absolute Gasteiger partial charge is 0.478 e. The zero-order valence-corrected chi connectivity index (χ0v) is 10.8. The van der Waals surface area contributed by atoms with Crippen molar-refractivity contribution in [2.75, 3.05) is 36.9 Å². The molecule has 0 saturated heterocycles. The van der Waals surface area contributed by atoms with Crippen LogP contribution in [0.15, 0.2) is 18.2 Å². The van der Waals surface area contributed by atoms with Gasteiger partial charge in [-0.05, 0) is 26.0 Å². The Morgan fingerprint density at radius 3 is 2.72 bits per heavy atom. The van der Waals surface area contributed by atoms with Crippen LogP contribution in [0, 0.1) is 0 Å². The van der Waals surface area contributed by atoms with Gasteiger partial charge in [-0.2, -0.15) is 0 Å². The van der Waals surface area contributed by atoms with Gasteiger partial charge in [-0.25, -0.2) is 4.79 Å². The van der Waals surface area contributed by atoms with Crippen molar-refractivity contribution >= 4 is 17.3 Å². The van der Waals surface area contributed by atoms with Crippen LogP contribution >= 0.6 is 0 Å². The van der Waals surface area contributed by atoms with Crippen LogP contribution in [-0.4, -0.2) is 37.4 Å². The van der Waals surface area contributed by atoms with E-state index in [1.807, 2.05) is 24.8 Å². The molecule has 0 heterocycles. The van der Waals surface area contributed by atoms with Gasteiger partial charge in [-0.1, -0.05) is 6.07 Å². The summed E-state index contributed by atoms with van der Waals surface area (Å²) in [6.07, 6.45) is 0. The number of carbonyl (C=O) groups is 1. The molecule has 0 spiro atoms. The molecule has 1 aromatic rings. The average Bonchev–Trinajstić information content (AvgIpc) is 2.35. The number of carboxylic acid groups (broad SMARTS) is 1. The van der Waals surface area contributed by atoms with Crippen LogP contribution in [0.25, 0.3) is 0 Å². The highest BCUT2D eigenvalue weighted by Crippen LogP contribution is 2.26. The van der Waals surface area contributed by atoms with Crippen molar-refractivity contribution < 1.29 is 14.6 Å². The molecule has 0 aromatic heterocycles. The smallest absolute Gasteiger partial charge is 0.337 e. The standard InChI is InChI=1S/C13H20N2O3/c1-3-15(8-9-18-4-2)11-7-5-6-10(12(11)14)13(16)17/h5-7H,3-4,8-9,14H2,1-2H3,(H,16,17). The number of anilines is 2. The zero-order chi connectivity index (χ0) is 13.5. The number of benzene rings is 1. The summed E-state index contributed by atoms with van der Waals surface area (Å²) in [7, 11) is 0. The molecule has 1 rings (SSSR count). The number of nitrogen functional groups attached to an aromatic ring is 1. The Labute approximate surface area is 107 Å². The summed E-state index contributed by atoms with van der Waals surface area (Å²) in [6, 6.07) is 5.05. The number of hydrogen-bond donors (Lipinski definition) is 2. The number of hydrogen-bond acceptors (Lipinski definition) is 4. The Bertz CT molecular complexity index is 407. The topological polar surface area (TPSA) is 75.8 Å². The molecule has 1 aromatic carbocycles. The third-order valence-electron chi connectivity index (χ3n) is 2.75. The highest BCUT2D eigenvalue weighted by molar-refractivity contribution is 5.97. The summed E-state index contributed by atoms with van der Waals surface area (Å²) in [5, 5.41) is 9.04. The van der Waals surface area contributed by atoms with Gasteiger partial charge in [-0.15, -0.1) is 0 Å². The summed E-state index contributed by atoms with van der Waals surface area (Å²) in [4.78, 5) is 13.0. The van der Waals surface area contributed by atoms with Crippen molar-refractivity contribution in [3.05, 3.63) is 23.8 Å². The van der Waals surface area contributed by atoms with Crippen molar-refractivity contribution in [2.45, 2.75) is 13.8 Å². The van der Waals surface area contributed by atoms with Crippen molar-refractivity contribution in [3.63, 3.8) is 0 Å². The van der Waals surface area contributed by atoms with Gasteiger partial charge in [0.05, 0.1) is 23.5 Å². The van der Waals surface area contributed by atoms with E-state index in [9.17, 15) is 4.79 Å². The van der Waals surface area contributed by atoms with Gasteiger partial charge >= 0.3 is 5.97 Å². The molecule has 0 aliphatic carbocycles. The van der Waals surface area contributed by atoms with Gasteiger partial charge in [0.15, 0.2) is 0 Å². The maximum absolute atomic E-state index is 11.0. The lowest BCUT2D eigenvalue weighted by Crippen LogP contribution is -2.28. The number of ether oxygens (including phenoxy) is 1. The number of nitrogens with two attached hydrogens (primary N) is 1. The molecule has 0 fully saturated rings. The second kappa shape index (κ2) is 6.86. The first-order valence-corrected chi connectivity index (χ1v) is 6.06. The van der Waals surface area contributed by atoms with Crippen LogP contribution < -0.4 is 10.6 Å². The molecule has 5 heteroatoms. The highest BCUT2D eigenvalue weighted by Gasteiger charge is 2.14. The van der Waals surface area contributed by atoms with Crippen LogP contribution in [0.2, 0.25) is 0 Å². The Morgan fingerprint density at radius 2 is 2.17 bits per heavy atom. The first-order chi connectivity index (χ1) is 8.61. The molecule has 0 saturated carbocycles. The monoisotopic (exact) mass is 252 g/mol. The number of aromatic carboxylic acids is 1. The van der Waals surface area contributed by atoms with Gasteiger partial charge in [0.25, 0.3) is 0 Å². The Hall–Kier alpha value is -1.75. The van der Waals surface area contributed by atoms with Crippen molar-refractivity contribution in [2.24, 2.45) is 0 Å². The minimum Gasteiger partial charge on any atom is -0.478 e. The molecular weight excluding hydrogens is 232 g/mol. The summed E-state index contributed by atoms with van der Waals surface area (Å²) in [5.74, 6) is -1.00. The van der Waals surface area contributed by atoms with Gasteiger partial charge in [-0.3, -0.25) is 0 Å². The summed E-state index contributed by atoms with van der Waals surface area (Å²) >= 11 is 0. The van der Waals surface area contributed by atoms with E-state index in [2.05, 4.69) is 0 Å². The predicted octanol–water partition coefficient (Wildman–Crippen LogP) is 1.83. The molecular formula is C13H20N2O3. The van der Waals surface area contributed by atoms with Crippen LogP contribution in [0.3, 0.4) is 0 Å². The fourth-order valence-corrected chi connectivity index (χ4v) is 1.78. The third-order valence-corrected chi connectivity index (χ3v) is 2.75. The lowest BCUT2D eigenvalue weighted by Gasteiger charge is -2.25. The van der Waals surface area contributed by atoms with E-state index < -0.39 is 5.97 Å². The second-order valence-corrected chi connectivity index (χ2v) is 3.82. The van der Waals surface area contributed by atoms with Gasteiger partial charge in [0, 0.05) is 19.7 Å². The van der Waals surface area contributed by atoms with Gasteiger partial charge < -0.3 is 20.5 Å². The summed E-state index contributed by atoms with van der Waals surface area (Å²) in [5.41, 5.74) is 7.10. The molecule has 0 aliphatic heterocycles. The van der Waals surface area contributed by atoms with Gasteiger partial charge in [0.1, 0.15) is 0 Å². The number of likely N-dealkylation sites (N-methyl/N-ethyl adjacent to an activating group) is 1. The van der Waals surface area contributed by atoms with E-state index in [-0.39, 0.29) is 5.56 Å². The quantitative estimate of drug-likeness (QED) is 0.572. The zero-order valence-electron chi connectivity index (χ0n) is 10.8. The molecule has 0 atom stereocenters. The first kappa shape index (κ1) is 14.3. The molecule has 100 valence electrons. The summed E-state index contributed by atoms with van der Waals surface area (Å²) < 4.78 is 5.31. The SMILES string of the molecule is CCOCCN(CC)c1cccc(C(=O)O)c1N. The van der Waals surface area contributed by atoms with E-state index in [0.717, 1.165) is 12.2 Å². The highest BCUT2D eigenvalue weighted by atomic mass is 16.5. The minimum atomic E-state index is -1.00. The number of carboxylic acids is 1. The van der Waals surface area contributed by atoms with Crippen molar-refractivity contribution in [1.82, 2.24) is 0 Å². The van der Waals surface area contributed by atoms with E-state index in [1.54, 1.807) is 6.07 Å². The normalized spacial score (nSPS) is 10.3. The molecule has 0 amide bonds.